The van der Waals surface area contributed by atoms with Gasteiger partial charge in [0.05, 0.1) is 11.3 Å². The Kier molecular flexibility index (Phi) is 3.31. The van der Waals surface area contributed by atoms with Crippen molar-refractivity contribution in [3.05, 3.63) is 29.8 Å². The van der Waals surface area contributed by atoms with Gasteiger partial charge in [-0.25, -0.2) is 0 Å². The molecule has 1 aromatic rings. The van der Waals surface area contributed by atoms with E-state index in [9.17, 15) is 8.42 Å². The smallest absolute Gasteiger partial charge is 0.270 e. The highest BCUT2D eigenvalue weighted by Gasteiger charge is 2.25. The molecule has 5 nitrogen and oxygen atoms in total. The Bertz CT molecular complexity index is 542. The van der Waals surface area contributed by atoms with Crippen molar-refractivity contribution in [1.82, 2.24) is 4.31 Å². The van der Waals surface area contributed by atoms with Gasteiger partial charge in [0.25, 0.3) is 0 Å². The molecule has 17 heavy (non-hydrogen) atoms. The zero-order chi connectivity index (χ0) is 12.3. The molecule has 0 aromatic heterocycles. The monoisotopic (exact) mass is 251 g/mol. The molecular formula is C11H13N3O2S. The Hall–Kier alpha value is -1.58. The summed E-state index contributed by atoms with van der Waals surface area (Å²) in [6.07, 6.45) is 1.78. The van der Waals surface area contributed by atoms with Crippen molar-refractivity contribution in [2.75, 3.05) is 17.8 Å². The van der Waals surface area contributed by atoms with Gasteiger partial charge in [0, 0.05) is 13.1 Å². The van der Waals surface area contributed by atoms with Crippen molar-refractivity contribution in [2.45, 2.75) is 12.8 Å². The van der Waals surface area contributed by atoms with Crippen LogP contribution in [0.5, 0.6) is 0 Å². The van der Waals surface area contributed by atoms with Gasteiger partial charge in [0.15, 0.2) is 0 Å². The molecule has 0 spiro atoms. The summed E-state index contributed by atoms with van der Waals surface area (Å²) in [6.45, 7) is 1.09. The van der Waals surface area contributed by atoms with E-state index < -0.39 is 10.2 Å². The standard InChI is InChI=1S/C11H13N3O2S/c12-9-10-5-1-2-6-11(10)13-17(15,16)14-7-3-4-8-14/h1-2,5-6,13H,3-4,7-8H2. The molecule has 0 amide bonds. The maximum atomic E-state index is 12.0. The Morgan fingerprint density at radius 2 is 1.88 bits per heavy atom. The highest BCUT2D eigenvalue weighted by atomic mass is 32.2. The Balaban J connectivity index is 2.23. The third-order valence-corrected chi connectivity index (χ3v) is 4.21. The summed E-state index contributed by atoms with van der Waals surface area (Å²) in [4.78, 5) is 0. The molecule has 0 unspecified atom stereocenters. The lowest BCUT2D eigenvalue weighted by Gasteiger charge is -2.17. The van der Waals surface area contributed by atoms with Crippen LogP contribution in [-0.2, 0) is 10.2 Å². The van der Waals surface area contributed by atoms with Crippen LogP contribution in [0.3, 0.4) is 0 Å². The van der Waals surface area contributed by atoms with Crippen molar-refractivity contribution in [1.29, 1.82) is 5.26 Å². The maximum Gasteiger partial charge on any atom is 0.301 e. The van der Waals surface area contributed by atoms with E-state index in [-0.39, 0.29) is 0 Å². The molecule has 1 fully saturated rings. The second-order valence-electron chi connectivity index (χ2n) is 3.87. The molecule has 1 aliphatic rings. The van der Waals surface area contributed by atoms with Crippen molar-refractivity contribution < 1.29 is 8.42 Å². The van der Waals surface area contributed by atoms with Crippen molar-refractivity contribution >= 4 is 15.9 Å². The number of nitrogens with one attached hydrogen (secondary N) is 1. The number of nitriles is 1. The molecular weight excluding hydrogens is 238 g/mol. The number of hydrogen-bond acceptors (Lipinski definition) is 3. The van der Waals surface area contributed by atoms with E-state index in [1.807, 2.05) is 6.07 Å². The van der Waals surface area contributed by atoms with Crippen molar-refractivity contribution in [3.63, 3.8) is 0 Å². The quantitative estimate of drug-likeness (QED) is 0.880. The summed E-state index contributed by atoms with van der Waals surface area (Å²) in [6, 6.07) is 8.54. The van der Waals surface area contributed by atoms with Crippen LogP contribution in [0.4, 0.5) is 5.69 Å². The maximum absolute atomic E-state index is 12.0. The molecule has 1 saturated heterocycles. The van der Waals surface area contributed by atoms with Crippen molar-refractivity contribution in [3.8, 4) is 6.07 Å². The molecule has 1 aliphatic heterocycles. The summed E-state index contributed by atoms with van der Waals surface area (Å²) in [5.41, 5.74) is 0.664. The van der Waals surface area contributed by atoms with Crippen LogP contribution in [0, 0.1) is 11.3 Å². The van der Waals surface area contributed by atoms with E-state index in [4.69, 9.17) is 5.26 Å². The normalized spacial score (nSPS) is 16.6. The molecule has 0 radical (unpaired) electrons. The predicted molar refractivity (Wildman–Crippen MR) is 64.5 cm³/mol. The summed E-state index contributed by atoms with van der Waals surface area (Å²) in [5, 5.41) is 8.88. The number of nitrogens with zero attached hydrogens (tertiary/aromatic N) is 2. The van der Waals surface area contributed by atoms with Crippen LogP contribution < -0.4 is 4.72 Å². The number of hydrogen-bond donors (Lipinski definition) is 1. The van der Waals surface area contributed by atoms with Crippen LogP contribution in [0.25, 0.3) is 0 Å². The highest BCUT2D eigenvalue weighted by Crippen LogP contribution is 2.19. The minimum atomic E-state index is -3.51. The zero-order valence-corrected chi connectivity index (χ0v) is 10.1. The summed E-state index contributed by atoms with van der Waals surface area (Å²) in [7, 11) is -3.51. The molecule has 0 saturated carbocycles. The van der Waals surface area contributed by atoms with Gasteiger partial charge in [-0.15, -0.1) is 0 Å². The summed E-state index contributed by atoms with van der Waals surface area (Å²) >= 11 is 0. The van der Waals surface area contributed by atoms with Gasteiger partial charge in [0.2, 0.25) is 0 Å². The number of benzene rings is 1. The van der Waals surface area contributed by atoms with Gasteiger partial charge in [-0.1, -0.05) is 12.1 Å². The second kappa shape index (κ2) is 4.73. The first-order valence-electron chi connectivity index (χ1n) is 5.40. The summed E-state index contributed by atoms with van der Waals surface area (Å²) in [5.74, 6) is 0. The number of rotatable bonds is 3. The fourth-order valence-electron chi connectivity index (χ4n) is 1.80. The van der Waals surface area contributed by atoms with Gasteiger partial charge in [-0.05, 0) is 25.0 Å². The van der Waals surface area contributed by atoms with E-state index in [0.29, 0.717) is 24.3 Å². The van der Waals surface area contributed by atoms with Gasteiger partial charge >= 0.3 is 10.2 Å². The minimum absolute atomic E-state index is 0.329. The lowest BCUT2D eigenvalue weighted by molar-refractivity contribution is 0.482. The third-order valence-electron chi connectivity index (χ3n) is 2.69. The first-order chi connectivity index (χ1) is 8.13. The lowest BCUT2D eigenvalue weighted by atomic mass is 10.2. The van der Waals surface area contributed by atoms with E-state index in [0.717, 1.165) is 12.8 Å². The number of para-hydroxylation sites is 1. The van der Waals surface area contributed by atoms with Crippen LogP contribution in [0.1, 0.15) is 18.4 Å². The average Bonchev–Trinajstić information content (AvgIpc) is 2.83. The fraction of sp³-hybridized carbons (Fsp3) is 0.364. The first-order valence-corrected chi connectivity index (χ1v) is 6.84. The molecule has 1 aromatic carbocycles. The number of anilines is 1. The van der Waals surface area contributed by atoms with Gasteiger partial charge < -0.3 is 0 Å². The molecule has 1 heterocycles. The van der Waals surface area contributed by atoms with E-state index >= 15 is 0 Å². The van der Waals surface area contributed by atoms with Gasteiger partial charge in [-0.3, -0.25) is 4.72 Å². The van der Waals surface area contributed by atoms with Crippen LogP contribution >= 0.6 is 0 Å². The van der Waals surface area contributed by atoms with Crippen LogP contribution in [0.2, 0.25) is 0 Å². The summed E-state index contributed by atoms with van der Waals surface area (Å²) < 4.78 is 27.8. The molecule has 0 atom stereocenters. The molecule has 0 bridgehead atoms. The fourth-order valence-corrected chi connectivity index (χ4v) is 3.13. The topological polar surface area (TPSA) is 73.2 Å². The largest absolute Gasteiger partial charge is 0.301 e. The van der Waals surface area contributed by atoms with Crippen LogP contribution in [-0.4, -0.2) is 25.8 Å². The SMILES string of the molecule is N#Cc1ccccc1NS(=O)(=O)N1CCCC1. The first kappa shape index (κ1) is 11.9. The van der Waals surface area contributed by atoms with Gasteiger partial charge in [-0.2, -0.15) is 18.0 Å². The molecule has 90 valence electrons. The second-order valence-corrected chi connectivity index (χ2v) is 5.54. The van der Waals surface area contributed by atoms with Gasteiger partial charge in [0.1, 0.15) is 6.07 Å². The minimum Gasteiger partial charge on any atom is -0.270 e. The lowest BCUT2D eigenvalue weighted by Crippen LogP contribution is -2.33. The molecule has 2 rings (SSSR count). The van der Waals surface area contributed by atoms with E-state index in [1.54, 1.807) is 24.3 Å². The Morgan fingerprint density at radius 3 is 2.53 bits per heavy atom. The van der Waals surface area contributed by atoms with Crippen LogP contribution in [0.15, 0.2) is 24.3 Å². The third kappa shape index (κ3) is 2.57. The predicted octanol–water partition coefficient (Wildman–Crippen LogP) is 1.31. The molecule has 6 heteroatoms. The van der Waals surface area contributed by atoms with E-state index in [1.165, 1.54) is 4.31 Å². The zero-order valence-electron chi connectivity index (χ0n) is 9.26. The highest BCUT2D eigenvalue weighted by molar-refractivity contribution is 7.90. The Morgan fingerprint density at radius 1 is 1.24 bits per heavy atom. The Labute approximate surface area is 101 Å². The van der Waals surface area contributed by atoms with Crippen molar-refractivity contribution in [2.24, 2.45) is 0 Å². The molecule has 1 N–H and O–H groups in total. The molecule has 0 aliphatic carbocycles. The average molecular weight is 251 g/mol. The van der Waals surface area contributed by atoms with E-state index in [2.05, 4.69) is 4.72 Å².